The molecule has 0 saturated heterocycles. The zero-order chi connectivity index (χ0) is 21.1. The first-order chi connectivity index (χ1) is 13.8. The van der Waals surface area contributed by atoms with Crippen molar-refractivity contribution in [2.45, 2.75) is 46.6 Å². The van der Waals surface area contributed by atoms with Crippen LogP contribution in [0.25, 0.3) is 10.9 Å². The summed E-state index contributed by atoms with van der Waals surface area (Å²) in [5.41, 5.74) is 9.99. The highest BCUT2D eigenvalue weighted by molar-refractivity contribution is 6.31. The van der Waals surface area contributed by atoms with Crippen LogP contribution >= 0.6 is 11.6 Å². The van der Waals surface area contributed by atoms with Crippen LogP contribution < -0.4 is 5.73 Å². The molecular weight excluding hydrogens is 384 g/mol. The number of carbonyl (C=O) groups excluding carboxylic acids is 2. The number of aromatic nitrogens is 1. The summed E-state index contributed by atoms with van der Waals surface area (Å²) >= 11 is 6.43. The van der Waals surface area contributed by atoms with Crippen LogP contribution in [0.3, 0.4) is 0 Å². The molecule has 0 saturated carbocycles. The van der Waals surface area contributed by atoms with Crippen LogP contribution in [0, 0.1) is 5.92 Å². The maximum Gasteiger partial charge on any atom is 0.221 e. The number of benzene rings is 2. The first kappa shape index (κ1) is 21.1. The summed E-state index contributed by atoms with van der Waals surface area (Å²) in [5, 5.41) is 1.62. The third-order valence-electron chi connectivity index (χ3n) is 5.16. The van der Waals surface area contributed by atoms with Gasteiger partial charge in [0.25, 0.3) is 0 Å². The van der Waals surface area contributed by atoms with Gasteiger partial charge in [0.05, 0.1) is 6.42 Å². The van der Waals surface area contributed by atoms with Crippen molar-refractivity contribution in [3.05, 3.63) is 69.9 Å². The highest BCUT2D eigenvalue weighted by atomic mass is 35.5. The van der Waals surface area contributed by atoms with Gasteiger partial charge in [-0.1, -0.05) is 69.1 Å². The topological polar surface area (TPSA) is 65.1 Å². The van der Waals surface area contributed by atoms with E-state index in [9.17, 15) is 9.59 Å². The Bertz CT molecular complexity index is 1070. The Morgan fingerprint density at radius 2 is 1.86 bits per heavy atom. The molecule has 0 unspecified atom stereocenters. The fraction of sp³-hybridized carbons (Fsp3) is 0.333. The summed E-state index contributed by atoms with van der Waals surface area (Å²) in [6.45, 7) is 6.53. The summed E-state index contributed by atoms with van der Waals surface area (Å²) < 4.78 is 2.18. The smallest absolute Gasteiger partial charge is 0.221 e. The molecule has 1 heterocycles. The van der Waals surface area contributed by atoms with Crippen molar-refractivity contribution in [1.82, 2.24) is 4.57 Å². The first-order valence-corrected chi connectivity index (χ1v) is 10.4. The quantitative estimate of drug-likeness (QED) is 0.521. The van der Waals surface area contributed by atoms with Crippen LogP contribution in [0.1, 0.15) is 54.4 Å². The summed E-state index contributed by atoms with van der Waals surface area (Å²) in [5.74, 6) is -0.338. The minimum absolute atomic E-state index is 0.102. The Hall–Kier alpha value is -2.59. The lowest BCUT2D eigenvalue weighted by atomic mass is 9.96. The molecule has 0 fully saturated rings. The Balaban J connectivity index is 2.29. The number of hydrogen-bond acceptors (Lipinski definition) is 2. The minimum atomic E-state index is -0.374. The highest BCUT2D eigenvalue weighted by Gasteiger charge is 2.24. The van der Waals surface area contributed by atoms with Gasteiger partial charge in [-0.3, -0.25) is 9.59 Å². The molecule has 0 bridgehead atoms. The summed E-state index contributed by atoms with van der Waals surface area (Å²) in [6.07, 6.45) is 1.88. The first-order valence-electron chi connectivity index (χ1n) is 10.0. The van der Waals surface area contributed by atoms with Crippen molar-refractivity contribution in [2.75, 3.05) is 0 Å². The average molecular weight is 411 g/mol. The second kappa shape index (κ2) is 8.83. The maximum absolute atomic E-state index is 13.1. The molecule has 5 heteroatoms. The van der Waals surface area contributed by atoms with Crippen LogP contribution in [-0.2, 0) is 24.2 Å². The Morgan fingerprint density at radius 1 is 1.14 bits per heavy atom. The minimum Gasteiger partial charge on any atom is -0.369 e. The standard InChI is InChI=1S/C24H27ClN2O2/c1-4-7-20-23(24(29)15(2)3)18-11-10-16(13-22(26)28)12-21(18)27(20)14-17-8-5-6-9-19(17)25/h5-6,8-12,15H,4,7,13-14H2,1-3H3,(H2,26,28). The van der Waals surface area contributed by atoms with E-state index in [-0.39, 0.29) is 24.0 Å². The second-order valence-corrected chi connectivity index (χ2v) is 8.17. The second-order valence-electron chi connectivity index (χ2n) is 7.76. The Labute approximate surface area is 176 Å². The zero-order valence-electron chi connectivity index (χ0n) is 17.2. The predicted molar refractivity (Wildman–Crippen MR) is 119 cm³/mol. The van der Waals surface area contributed by atoms with E-state index in [1.807, 2.05) is 56.3 Å². The molecule has 2 N–H and O–H groups in total. The number of halogens is 1. The number of amides is 1. The van der Waals surface area contributed by atoms with Gasteiger partial charge in [0.1, 0.15) is 0 Å². The molecule has 3 rings (SSSR count). The van der Waals surface area contributed by atoms with Crippen molar-refractivity contribution in [1.29, 1.82) is 0 Å². The summed E-state index contributed by atoms with van der Waals surface area (Å²) in [7, 11) is 0. The number of rotatable bonds is 8. The van der Waals surface area contributed by atoms with Gasteiger partial charge in [-0.2, -0.15) is 0 Å². The van der Waals surface area contributed by atoms with E-state index in [0.29, 0.717) is 11.6 Å². The van der Waals surface area contributed by atoms with Crippen molar-refractivity contribution in [2.24, 2.45) is 11.7 Å². The van der Waals surface area contributed by atoms with Gasteiger partial charge in [0.2, 0.25) is 5.91 Å². The third kappa shape index (κ3) is 4.38. The molecule has 2 aromatic carbocycles. The van der Waals surface area contributed by atoms with Crippen molar-refractivity contribution >= 4 is 34.2 Å². The number of ketones is 1. The lowest BCUT2D eigenvalue weighted by molar-refractivity contribution is -0.117. The molecule has 1 aromatic heterocycles. The molecule has 4 nitrogen and oxygen atoms in total. The Morgan fingerprint density at radius 3 is 2.48 bits per heavy atom. The SMILES string of the molecule is CCCc1c(C(=O)C(C)C)c2ccc(CC(N)=O)cc2n1Cc1ccccc1Cl. The van der Waals surface area contributed by atoms with Gasteiger partial charge in [-0.25, -0.2) is 0 Å². The number of hydrogen-bond donors (Lipinski definition) is 1. The average Bonchev–Trinajstić information content (AvgIpc) is 2.95. The Kier molecular flexibility index (Phi) is 6.43. The molecule has 0 atom stereocenters. The highest BCUT2D eigenvalue weighted by Crippen LogP contribution is 2.32. The third-order valence-corrected chi connectivity index (χ3v) is 5.53. The predicted octanol–water partition coefficient (Wildman–Crippen LogP) is 5.16. The number of primary amides is 1. The fourth-order valence-electron chi connectivity index (χ4n) is 3.80. The molecule has 0 radical (unpaired) electrons. The van der Waals surface area contributed by atoms with E-state index >= 15 is 0 Å². The number of carbonyl (C=O) groups is 2. The van der Waals surface area contributed by atoms with E-state index in [0.717, 1.165) is 46.1 Å². The lowest BCUT2D eigenvalue weighted by Crippen LogP contribution is -2.13. The van der Waals surface area contributed by atoms with E-state index in [1.165, 1.54) is 0 Å². The monoisotopic (exact) mass is 410 g/mol. The van der Waals surface area contributed by atoms with Crippen LogP contribution in [0.15, 0.2) is 42.5 Å². The number of Topliss-reactive ketones (excluding diaryl/α,β-unsaturated/α-hetero) is 1. The van der Waals surface area contributed by atoms with Crippen LogP contribution in [0.4, 0.5) is 0 Å². The van der Waals surface area contributed by atoms with E-state index < -0.39 is 0 Å². The van der Waals surface area contributed by atoms with Crippen molar-refractivity contribution in [3.63, 3.8) is 0 Å². The molecule has 152 valence electrons. The molecule has 3 aromatic rings. The lowest BCUT2D eigenvalue weighted by Gasteiger charge is -2.14. The number of nitrogens with two attached hydrogens (primary N) is 1. The molecule has 0 aliphatic rings. The van der Waals surface area contributed by atoms with Crippen molar-refractivity contribution in [3.8, 4) is 0 Å². The van der Waals surface area contributed by atoms with Crippen LogP contribution in [0.2, 0.25) is 5.02 Å². The normalized spacial score (nSPS) is 11.3. The summed E-state index contributed by atoms with van der Waals surface area (Å²) in [4.78, 5) is 24.6. The largest absolute Gasteiger partial charge is 0.369 e. The van der Waals surface area contributed by atoms with Gasteiger partial charge >= 0.3 is 0 Å². The fourth-order valence-corrected chi connectivity index (χ4v) is 3.99. The molecule has 0 aliphatic carbocycles. The zero-order valence-corrected chi connectivity index (χ0v) is 17.9. The molecule has 1 amide bonds. The molecule has 0 spiro atoms. The molecule has 29 heavy (non-hydrogen) atoms. The van der Waals surface area contributed by atoms with Gasteiger partial charge in [0, 0.05) is 39.6 Å². The van der Waals surface area contributed by atoms with Crippen LogP contribution in [0.5, 0.6) is 0 Å². The van der Waals surface area contributed by atoms with Gasteiger partial charge in [-0.05, 0) is 29.7 Å². The molecule has 0 aliphatic heterocycles. The van der Waals surface area contributed by atoms with Gasteiger partial charge in [-0.15, -0.1) is 0 Å². The maximum atomic E-state index is 13.1. The van der Waals surface area contributed by atoms with Crippen LogP contribution in [-0.4, -0.2) is 16.3 Å². The van der Waals surface area contributed by atoms with Gasteiger partial charge in [0.15, 0.2) is 5.78 Å². The van der Waals surface area contributed by atoms with Gasteiger partial charge < -0.3 is 10.3 Å². The molecular formula is C24H27ClN2O2. The van der Waals surface area contributed by atoms with E-state index in [4.69, 9.17) is 17.3 Å². The number of fused-ring (bicyclic) bond motifs is 1. The number of nitrogens with zero attached hydrogens (tertiary/aromatic N) is 1. The van der Waals surface area contributed by atoms with Crippen molar-refractivity contribution < 1.29 is 9.59 Å². The van der Waals surface area contributed by atoms with E-state index in [1.54, 1.807) is 0 Å². The van der Waals surface area contributed by atoms with E-state index in [2.05, 4.69) is 11.5 Å². The summed E-state index contributed by atoms with van der Waals surface area (Å²) in [6, 6.07) is 13.6.